The Kier molecular flexibility index (Phi) is 6.32. The first-order valence-corrected chi connectivity index (χ1v) is 12.7. The normalized spacial score (nSPS) is 16.4. The summed E-state index contributed by atoms with van der Waals surface area (Å²) in [4.78, 5) is 26.9. The third kappa shape index (κ3) is 4.74. The quantitative estimate of drug-likeness (QED) is 0.419. The predicted molar refractivity (Wildman–Crippen MR) is 136 cm³/mol. The number of aromatic hydroxyl groups is 1. The molecule has 5 rings (SSSR count). The Morgan fingerprint density at radius 1 is 1.08 bits per heavy atom. The van der Waals surface area contributed by atoms with Crippen molar-refractivity contribution < 1.29 is 14.7 Å². The van der Waals surface area contributed by atoms with Crippen LogP contribution in [0, 0.1) is 24.7 Å². The molecule has 0 saturated heterocycles. The van der Waals surface area contributed by atoms with Crippen LogP contribution in [0.4, 0.5) is 5.69 Å². The van der Waals surface area contributed by atoms with Crippen molar-refractivity contribution in [3.05, 3.63) is 47.9 Å². The van der Waals surface area contributed by atoms with E-state index in [9.17, 15) is 14.7 Å². The summed E-state index contributed by atoms with van der Waals surface area (Å²) in [6.45, 7) is 5.87. The maximum Gasteiger partial charge on any atom is 0.270 e. The number of rotatable bonds is 9. The van der Waals surface area contributed by atoms with Crippen molar-refractivity contribution >= 4 is 17.5 Å². The smallest absolute Gasteiger partial charge is 0.270 e. The lowest BCUT2D eigenvalue weighted by Crippen LogP contribution is -2.50. The van der Waals surface area contributed by atoms with Crippen LogP contribution in [0.1, 0.15) is 61.6 Å². The molecule has 1 atom stereocenters. The molecule has 9 nitrogen and oxygen atoms in total. The zero-order valence-corrected chi connectivity index (χ0v) is 21.2. The third-order valence-electron chi connectivity index (χ3n) is 7.32. The van der Waals surface area contributed by atoms with E-state index in [4.69, 9.17) is 0 Å². The topological polar surface area (TPSA) is 114 Å². The number of hydrogen-bond donors (Lipinski definition) is 3. The van der Waals surface area contributed by atoms with Crippen LogP contribution in [0.15, 0.2) is 36.7 Å². The van der Waals surface area contributed by atoms with Crippen LogP contribution in [0.5, 0.6) is 5.75 Å². The second-order valence-electron chi connectivity index (χ2n) is 10.5. The van der Waals surface area contributed by atoms with E-state index < -0.39 is 6.04 Å². The average molecular weight is 491 g/mol. The number of amides is 2. The summed E-state index contributed by atoms with van der Waals surface area (Å²) >= 11 is 0. The Labute approximate surface area is 210 Å². The van der Waals surface area contributed by atoms with E-state index in [2.05, 4.69) is 20.8 Å². The molecule has 36 heavy (non-hydrogen) atoms. The van der Waals surface area contributed by atoms with Crippen LogP contribution in [0.2, 0.25) is 0 Å². The number of carbonyl (C=O) groups is 2. The number of anilines is 1. The van der Waals surface area contributed by atoms with Crippen molar-refractivity contribution in [2.75, 3.05) is 5.32 Å². The fraction of sp³-hybridized carbons (Fsp3) is 0.481. The number of aromatic nitrogens is 4. The molecular formula is C27H34N6O3. The molecule has 3 aromatic rings. The van der Waals surface area contributed by atoms with E-state index in [1.54, 1.807) is 46.0 Å². The number of aryl methyl sites for hydroxylation is 2. The number of carbonyl (C=O) groups excluding carboxylic acids is 2. The average Bonchev–Trinajstić information content (AvgIpc) is 3.76. The highest BCUT2D eigenvalue weighted by atomic mass is 16.3. The molecule has 1 aromatic carbocycles. The molecule has 0 spiro atoms. The molecule has 9 heteroatoms. The van der Waals surface area contributed by atoms with E-state index in [-0.39, 0.29) is 29.5 Å². The summed E-state index contributed by atoms with van der Waals surface area (Å²) in [5.41, 5.74) is 3.34. The van der Waals surface area contributed by atoms with Gasteiger partial charge in [0, 0.05) is 36.6 Å². The number of phenols is 1. The van der Waals surface area contributed by atoms with E-state index in [0.29, 0.717) is 28.8 Å². The molecule has 0 aliphatic heterocycles. The molecule has 2 aliphatic carbocycles. The summed E-state index contributed by atoms with van der Waals surface area (Å²) in [6.07, 6.45) is 7.71. The maximum atomic E-state index is 13.6. The van der Waals surface area contributed by atoms with Gasteiger partial charge in [-0.25, -0.2) is 0 Å². The predicted octanol–water partition coefficient (Wildman–Crippen LogP) is 4.05. The van der Waals surface area contributed by atoms with Gasteiger partial charge in [0.05, 0.1) is 11.9 Å². The standard InChI is InChI=1S/C27H34N6O3/c1-15(2)33-21(11-12-28-33)26(35)31-24(23(17-5-6-17)18-7-8-18)27(36)30-19-9-10-20(22(34)13-19)25-16(3)14-29-32(25)4/h9-15,17-18,23-24,34H,5-8H2,1-4H3,(H,30,36)(H,31,35)/t24-/m0/s1. The lowest BCUT2D eigenvalue weighted by molar-refractivity contribution is -0.119. The first-order chi connectivity index (χ1) is 17.2. The zero-order valence-electron chi connectivity index (χ0n) is 21.2. The van der Waals surface area contributed by atoms with Crippen molar-refractivity contribution in [1.82, 2.24) is 24.9 Å². The Hall–Kier alpha value is -3.62. The van der Waals surface area contributed by atoms with Gasteiger partial charge in [0.1, 0.15) is 17.5 Å². The minimum Gasteiger partial charge on any atom is -0.507 e. The number of hydrogen-bond acceptors (Lipinski definition) is 5. The van der Waals surface area contributed by atoms with Gasteiger partial charge >= 0.3 is 0 Å². The first kappa shape index (κ1) is 24.1. The highest BCUT2D eigenvalue weighted by molar-refractivity contribution is 6.01. The molecule has 2 fully saturated rings. The molecule has 2 aliphatic rings. The van der Waals surface area contributed by atoms with Crippen LogP contribution in [-0.2, 0) is 11.8 Å². The Bertz CT molecular complexity index is 1250. The highest BCUT2D eigenvalue weighted by Crippen LogP contribution is 2.51. The van der Waals surface area contributed by atoms with Crippen LogP contribution < -0.4 is 10.6 Å². The molecule has 190 valence electrons. The number of nitrogens with one attached hydrogen (secondary N) is 2. The zero-order chi connectivity index (χ0) is 25.6. The van der Waals surface area contributed by atoms with Gasteiger partial charge in [0.25, 0.3) is 5.91 Å². The molecule has 0 bridgehead atoms. The molecule has 3 N–H and O–H groups in total. The van der Waals surface area contributed by atoms with E-state index in [1.807, 2.05) is 27.8 Å². The monoisotopic (exact) mass is 490 g/mol. The van der Waals surface area contributed by atoms with E-state index in [0.717, 1.165) is 36.9 Å². The van der Waals surface area contributed by atoms with Gasteiger partial charge in [-0.1, -0.05) is 0 Å². The largest absolute Gasteiger partial charge is 0.507 e. The lowest BCUT2D eigenvalue weighted by atomic mass is 9.88. The fourth-order valence-electron chi connectivity index (χ4n) is 5.31. The van der Waals surface area contributed by atoms with Gasteiger partial charge < -0.3 is 15.7 Å². The maximum absolute atomic E-state index is 13.6. The summed E-state index contributed by atoms with van der Waals surface area (Å²) in [5.74, 6) is 0.514. The summed E-state index contributed by atoms with van der Waals surface area (Å²) in [6, 6.07) is 6.16. The second-order valence-corrected chi connectivity index (χ2v) is 10.5. The highest BCUT2D eigenvalue weighted by Gasteiger charge is 2.48. The molecule has 2 amide bonds. The molecule has 0 radical (unpaired) electrons. The van der Waals surface area contributed by atoms with Gasteiger partial charge in [0.2, 0.25) is 5.91 Å². The van der Waals surface area contributed by atoms with Crippen LogP contribution in [-0.4, -0.2) is 42.5 Å². The van der Waals surface area contributed by atoms with Crippen molar-refractivity contribution in [3.63, 3.8) is 0 Å². The van der Waals surface area contributed by atoms with Crippen molar-refractivity contribution in [1.29, 1.82) is 0 Å². The first-order valence-electron chi connectivity index (χ1n) is 12.7. The molecule has 0 unspecified atom stereocenters. The molecule has 2 heterocycles. The van der Waals surface area contributed by atoms with Gasteiger partial charge in [-0.2, -0.15) is 10.2 Å². The summed E-state index contributed by atoms with van der Waals surface area (Å²) in [5, 5.41) is 25.3. The molecule has 2 aromatic heterocycles. The summed E-state index contributed by atoms with van der Waals surface area (Å²) < 4.78 is 3.39. The molecule has 2 saturated carbocycles. The van der Waals surface area contributed by atoms with E-state index in [1.165, 1.54) is 0 Å². The number of benzene rings is 1. The molecular weight excluding hydrogens is 456 g/mol. The second kappa shape index (κ2) is 9.44. The SMILES string of the molecule is Cc1cnn(C)c1-c1ccc(NC(=O)[C@@H](NC(=O)c2ccnn2C(C)C)C(C2CC2)C2CC2)cc1O. The third-order valence-corrected chi connectivity index (χ3v) is 7.32. The fourth-order valence-corrected chi connectivity index (χ4v) is 5.31. The lowest BCUT2D eigenvalue weighted by Gasteiger charge is -2.28. The van der Waals surface area contributed by atoms with Crippen LogP contribution in [0.25, 0.3) is 11.3 Å². The Balaban J connectivity index is 1.39. The van der Waals surface area contributed by atoms with Crippen LogP contribution >= 0.6 is 0 Å². The minimum atomic E-state index is -0.658. The number of phenolic OH excluding ortho intramolecular Hbond substituents is 1. The van der Waals surface area contributed by atoms with E-state index >= 15 is 0 Å². The number of nitrogens with zero attached hydrogens (tertiary/aromatic N) is 4. The van der Waals surface area contributed by atoms with Crippen molar-refractivity contribution in [2.45, 2.75) is 58.5 Å². The Morgan fingerprint density at radius 2 is 1.78 bits per heavy atom. The van der Waals surface area contributed by atoms with Gasteiger partial charge in [-0.05, 0) is 88.0 Å². The minimum absolute atomic E-state index is 0.0280. The van der Waals surface area contributed by atoms with Crippen molar-refractivity contribution in [3.8, 4) is 17.0 Å². The van der Waals surface area contributed by atoms with Crippen LogP contribution in [0.3, 0.4) is 0 Å². The van der Waals surface area contributed by atoms with Crippen molar-refractivity contribution in [2.24, 2.45) is 24.8 Å². The van der Waals surface area contributed by atoms with Gasteiger partial charge in [-0.15, -0.1) is 0 Å². The Morgan fingerprint density at radius 3 is 2.33 bits per heavy atom. The summed E-state index contributed by atoms with van der Waals surface area (Å²) in [7, 11) is 1.83. The van der Waals surface area contributed by atoms with Gasteiger partial charge in [-0.3, -0.25) is 19.0 Å². The van der Waals surface area contributed by atoms with Gasteiger partial charge in [0.15, 0.2) is 0 Å².